The first kappa shape index (κ1) is 28.1. The van der Waals surface area contributed by atoms with E-state index in [1.165, 1.54) is 15.7 Å². The minimum absolute atomic E-state index is 0.0615. The largest absolute Gasteiger partial charge is 0.493 e. The molecule has 5 rings (SSSR count). The Kier molecular flexibility index (Phi) is 7.94. The van der Waals surface area contributed by atoms with Crippen LogP contribution in [0, 0.1) is 27.7 Å². The van der Waals surface area contributed by atoms with Crippen LogP contribution < -0.4 is 20.3 Å². The van der Waals surface area contributed by atoms with Crippen LogP contribution in [0.3, 0.4) is 0 Å². The second kappa shape index (κ2) is 11.6. The molecule has 0 saturated carbocycles. The molecule has 1 N–H and O–H groups in total. The third-order valence-electron chi connectivity index (χ3n) is 7.08. The zero-order valence-corrected chi connectivity index (χ0v) is 24.9. The molecule has 0 saturated heterocycles. The number of carbonyl (C=O) groups excluding carboxylic acids is 1. The van der Waals surface area contributed by atoms with Gasteiger partial charge in [0, 0.05) is 23.3 Å². The number of carbonyl (C=O) groups is 1. The normalized spacial score (nSPS) is 11.2. The number of nitrogens with one attached hydrogen (secondary N) is 1. The van der Waals surface area contributed by atoms with Gasteiger partial charge in [-0.05, 0) is 75.1 Å². The van der Waals surface area contributed by atoms with Crippen molar-refractivity contribution < 1.29 is 14.3 Å². The van der Waals surface area contributed by atoms with E-state index in [0.717, 1.165) is 28.1 Å². The summed E-state index contributed by atoms with van der Waals surface area (Å²) in [6.45, 7) is 8.33. The first-order valence-corrected chi connectivity index (χ1v) is 14.2. The fraction of sp³-hybridized carbons (Fsp3) is 0.290. The van der Waals surface area contributed by atoms with Crippen molar-refractivity contribution in [3.63, 3.8) is 0 Å². The number of methoxy groups -OCH3 is 2. The number of ether oxygens (including phenoxy) is 2. The molecule has 5 aromatic rings. The lowest BCUT2D eigenvalue weighted by Gasteiger charge is -2.10. The minimum Gasteiger partial charge on any atom is -0.493 e. The van der Waals surface area contributed by atoms with E-state index in [9.17, 15) is 9.59 Å². The van der Waals surface area contributed by atoms with E-state index in [1.54, 1.807) is 14.2 Å². The van der Waals surface area contributed by atoms with Crippen LogP contribution in [0.25, 0.3) is 21.9 Å². The lowest BCUT2D eigenvalue weighted by molar-refractivity contribution is -0.120. The molecule has 0 aliphatic heterocycles. The summed E-state index contributed by atoms with van der Waals surface area (Å²) in [5, 5.41) is 9.60. The van der Waals surface area contributed by atoms with E-state index in [4.69, 9.17) is 19.6 Å². The molecule has 0 aliphatic carbocycles. The van der Waals surface area contributed by atoms with E-state index >= 15 is 0 Å². The fourth-order valence-electron chi connectivity index (χ4n) is 4.92. The summed E-state index contributed by atoms with van der Waals surface area (Å²) in [6.07, 6.45) is 0.690. The highest BCUT2D eigenvalue weighted by molar-refractivity contribution is 7.15. The van der Waals surface area contributed by atoms with Gasteiger partial charge in [-0.3, -0.25) is 14.0 Å². The number of rotatable bonds is 9. The van der Waals surface area contributed by atoms with Crippen LogP contribution in [0.2, 0.25) is 0 Å². The lowest BCUT2D eigenvalue weighted by atomic mass is 10.1. The number of aryl methyl sites for hydroxylation is 4. The molecule has 0 unspecified atom stereocenters. The SMILES string of the molecule is COc1ccc(CCNC(=O)Cc2csc3nc(C)c(-c4cc(C)n(-c5cc(C)ccc5C)n4)c(=O)n23)cc1OC. The summed E-state index contributed by atoms with van der Waals surface area (Å²) in [5.74, 6) is 1.13. The lowest BCUT2D eigenvalue weighted by Crippen LogP contribution is -2.29. The van der Waals surface area contributed by atoms with Crippen LogP contribution in [-0.4, -0.2) is 45.8 Å². The number of fused-ring (bicyclic) bond motifs is 1. The molecule has 0 bridgehead atoms. The van der Waals surface area contributed by atoms with Gasteiger partial charge in [-0.2, -0.15) is 5.10 Å². The van der Waals surface area contributed by atoms with Crippen LogP contribution in [0.5, 0.6) is 11.5 Å². The van der Waals surface area contributed by atoms with Gasteiger partial charge in [0.1, 0.15) is 5.69 Å². The molecule has 9 nitrogen and oxygen atoms in total. The van der Waals surface area contributed by atoms with Crippen molar-refractivity contribution in [2.45, 2.75) is 40.5 Å². The molecular weight excluding hydrogens is 538 g/mol. The van der Waals surface area contributed by atoms with E-state index in [0.29, 0.717) is 52.1 Å². The number of amides is 1. The minimum atomic E-state index is -0.229. The molecule has 0 spiro atoms. The van der Waals surface area contributed by atoms with E-state index in [-0.39, 0.29) is 17.9 Å². The third kappa shape index (κ3) is 5.60. The molecule has 2 aromatic carbocycles. The summed E-state index contributed by atoms with van der Waals surface area (Å²) in [5.41, 5.74) is 7.09. The molecule has 212 valence electrons. The van der Waals surface area contributed by atoms with Crippen LogP contribution in [0.1, 0.15) is 33.8 Å². The van der Waals surface area contributed by atoms with Crippen LogP contribution in [-0.2, 0) is 17.6 Å². The summed E-state index contributed by atoms with van der Waals surface area (Å²) in [7, 11) is 3.19. The van der Waals surface area contributed by atoms with Crippen molar-refractivity contribution in [1.82, 2.24) is 24.5 Å². The van der Waals surface area contributed by atoms with Crippen molar-refractivity contribution in [3.05, 3.63) is 92.0 Å². The van der Waals surface area contributed by atoms with Gasteiger partial charge in [-0.1, -0.05) is 18.2 Å². The first-order valence-electron chi connectivity index (χ1n) is 13.3. The Morgan fingerprint density at radius 2 is 1.78 bits per heavy atom. The van der Waals surface area contributed by atoms with Gasteiger partial charge in [-0.25, -0.2) is 9.67 Å². The highest BCUT2D eigenvalue weighted by atomic mass is 32.1. The number of aromatic nitrogens is 4. The fourth-order valence-corrected chi connectivity index (χ4v) is 5.85. The van der Waals surface area contributed by atoms with E-state index < -0.39 is 0 Å². The molecule has 1 amide bonds. The Morgan fingerprint density at radius 3 is 2.54 bits per heavy atom. The molecule has 3 heterocycles. The van der Waals surface area contributed by atoms with Crippen molar-refractivity contribution in [3.8, 4) is 28.4 Å². The average molecular weight is 572 g/mol. The number of hydrogen-bond donors (Lipinski definition) is 1. The Morgan fingerprint density at radius 1 is 1.00 bits per heavy atom. The van der Waals surface area contributed by atoms with Crippen molar-refractivity contribution in [2.75, 3.05) is 20.8 Å². The Bertz CT molecular complexity index is 1820. The molecule has 3 aromatic heterocycles. The highest BCUT2D eigenvalue weighted by Gasteiger charge is 2.20. The molecule has 0 radical (unpaired) electrons. The highest BCUT2D eigenvalue weighted by Crippen LogP contribution is 2.28. The summed E-state index contributed by atoms with van der Waals surface area (Å²) < 4.78 is 14.0. The van der Waals surface area contributed by atoms with Crippen LogP contribution in [0.4, 0.5) is 0 Å². The first-order chi connectivity index (χ1) is 19.7. The maximum atomic E-state index is 13.8. The van der Waals surface area contributed by atoms with Crippen LogP contribution >= 0.6 is 11.3 Å². The third-order valence-corrected chi connectivity index (χ3v) is 7.96. The Hall–Kier alpha value is -4.44. The summed E-state index contributed by atoms with van der Waals surface area (Å²) in [6, 6.07) is 13.8. The monoisotopic (exact) mass is 571 g/mol. The van der Waals surface area contributed by atoms with Gasteiger partial charge in [-0.15, -0.1) is 11.3 Å². The zero-order valence-electron chi connectivity index (χ0n) is 24.1. The van der Waals surface area contributed by atoms with Crippen molar-refractivity contribution in [2.24, 2.45) is 0 Å². The number of nitrogens with zero attached hydrogens (tertiary/aromatic N) is 4. The average Bonchev–Trinajstić information content (AvgIpc) is 3.52. The molecule has 0 atom stereocenters. The molecule has 41 heavy (non-hydrogen) atoms. The zero-order chi connectivity index (χ0) is 29.3. The van der Waals surface area contributed by atoms with E-state index in [2.05, 4.69) is 23.5 Å². The van der Waals surface area contributed by atoms with Gasteiger partial charge in [0.15, 0.2) is 16.5 Å². The van der Waals surface area contributed by atoms with E-state index in [1.807, 2.05) is 62.0 Å². The topological polar surface area (TPSA) is 99.7 Å². The van der Waals surface area contributed by atoms with Gasteiger partial charge in [0.2, 0.25) is 5.91 Å². The molecular formula is C31H33N5O4S. The quantitative estimate of drug-likeness (QED) is 0.274. The molecule has 10 heteroatoms. The smallest absolute Gasteiger partial charge is 0.268 e. The number of hydrogen-bond acceptors (Lipinski definition) is 7. The maximum absolute atomic E-state index is 13.8. The molecule has 0 aliphatic rings. The second-order valence-corrected chi connectivity index (χ2v) is 10.9. The van der Waals surface area contributed by atoms with Gasteiger partial charge in [0.25, 0.3) is 5.56 Å². The molecule has 0 fully saturated rings. The number of thiazole rings is 1. The van der Waals surface area contributed by atoms with Gasteiger partial charge in [0.05, 0.1) is 37.6 Å². The maximum Gasteiger partial charge on any atom is 0.268 e. The number of benzene rings is 2. The Labute approximate surface area is 242 Å². The Balaban J connectivity index is 1.37. The van der Waals surface area contributed by atoms with Crippen molar-refractivity contribution >= 4 is 22.2 Å². The summed E-state index contributed by atoms with van der Waals surface area (Å²) >= 11 is 1.35. The van der Waals surface area contributed by atoms with Gasteiger partial charge < -0.3 is 14.8 Å². The summed E-state index contributed by atoms with van der Waals surface area (Å²) in [4.78, 5) is 31.9. The van der Waals surface area contributed by atoms with Crippen molar-refractivity contribution in [1.29, 1.82) is 0 Å². The second-order valence-electron chi connectivity index (χ2n) is 10.1. The predicted octanol–water partition coefficient (Wildman–Crippen LogP) is 4.76. The van der Waals surface area contributed by atoms with Crippen LogP contribution in [0.15, 0.2) is 52.6 Å². The standard InChI is InChI=1S/C31H33N5O4S/c1-18-7-8-19(2)25(13-18)36-20(3)14-24(34-36)29-21(4)33-31-35(30(29)38)23(17-41-31)16-28(37)32-12-11-22-9-10-26(39-5)27(15-22)40-6/h7-10,13-15,17H,11-12,16H2,1-6H3,(H,32,37). The predicted molar refractivity (Wildman–Crippen MR) is 161 cm³/mol. The van der Waals surface area contributed by atoms with Gasteiger partial charge >= 0.3 is 0 Å².